The van der Waals surface area contributed by atoms with Crippen LogP contribution in [0.2, 0.25) is 0 Å². The molecule has 1 aromatic carbocycles. The van der Waals surface area contributed by atoms with Gasteiger partial charge in [0.25, 0.3) is 0 Å². The summed E-state index contributed by atoms with van der Waals surface area (Å²) in [5, 5.41) is 0. The second-order valence-corrected chi connectivity index (χ2v) is 3.15. The predicted molar refractivity (Wildman–Crippen MR) is 46.8 cm³/mol. The number of aryl methyl sites for hydroxylation is 1. The van der Waals surface area contributed by atoms with Gasteiger partial charge in [0.2, 0.25) is 0 Å². The summed E-state index contributed by atoms with van der Waals surface area (Å²) < 4.78 is 1.10. The maximum Gasteiger partial charge on any atom is 0.0220 e. The predicted octanol–water partition coefficient (Wildman–Crippen LogP) is 2.22. The van der Waals surface area contributed by atoms with E-state index in [2.05, 4.69) is 35.0 Å². The fourth-order valence-electron chi connectivity index (χ4n) is 0.860. The van der Waals surface area contributed by atoms with Crippen LogP contribution in [0.15, 0.2) is 22.7 Å². The smallest absolute Gasteiger partial charge is 0.0220 e. The van der Waals surface area contributed by atoms with E-state index in [0.717, 1.165) is 4.47 Å². The highest BCUT2D eigenvalue weighted by Gasteiger charge is 1.95. The molecule has 0 fully saturated rings. The first-order valence-corrected chi connectivity index (χ1v) is 3.98. The van der Waals surface area contributed by atoms with Crippen molar-refractivity contribution in [2.75, 3.05) is 0 Å². The maximum absolute atomic E-state index is 5.49. The van der Waals surface area contributed by atoms with Crippen molar-refractivity contribution in [2.24, 2.45) is 5.73 Å². The van der Waals surface area contributed by atoms with Gasteiger partial charge in [0, 0.05) is 11.0 Å². The molecule has 0 aliphatic rings. The lowest BCUT2D eigenvalue weighted by molar-refractivity contribution is 1.06. The molecular weight excluding hydrogens is 190 g/mol. The fraction of sp³-hybridized carbons (Fsp3) is 0.250. The zero-order valence-electron chi connectivity index (χ0n) is 5.89. The van der Waals surface area contributed by atoms with E-state index in [1.54, 1.807) is 0 Å². The van der Waals surface area contributed by atoms with Gasteiger partial charge in [-0.15, -0.1) is 0 Å². The highest BCUT2D eigenvalue weighted by molar-refractivity contribution is 9.10. The van der Waals surface area contributed by atoms with E-state index in [1.165, 1.54) is 11.1 Å². The molecule has 0 saturated heterocycles. The van der Waals surface area contributed by atoms with Crippen LogP contribution >= 0.6 is 15.9 Å². The van der Waals surface area contributed by atoms with E-state index in [1.807, 2.05) is 6.07 Å². The number of rotatable bonds is 1. The molecule has 1 rings (SSSR count). The van der Waals surface area contributed by atoms with Crippen LogP contribution in [0.1, 0.15) is 11.1 Å². The Morgan fingerprint density at radius 3 is 2.70 bits per heavy atom. The van der Waals surface area contributed by atoms with Crippen molar-refractivity contribution in [3.8, 4) is 0 Å². The van der Waals surface area contributed by atoms with Gasteiger partial charge < -0.3 is 5.73 Å². The van der Waals surface area contributed by atoms with Gasteiger partial charge in [0.1, 0.15) is 0 Å². The Morgan fingerprint density at radius 1 is 1.50 bits per heavy atom. The minimum absolute atomic E-state index is 0.599. The lowest BCUT2D eigenvalue weighted by Gasteiger charge is -2.00. The molecule has 0 saturated carbocycles. The van der Waals surface area contributed by atoms with Gasteiger partial charge in [-0.1, -0.05) is 33.6 Å². The van der Waals surface area contributed by atoms with Crippen LogP contribution in [0.5, 0.6) is 0 Å². The van der Waals surface area contributed by atoms with E-state index in [4.69, 9.17) is 5.73 Å². The van der Waals surface area contributed by atoms with Crippen LogP contribution in [-0.4, -0.2) is 0 Å². The summed E-state index contributed by atoms with van der Waals surface area (Å²) in [5.74, 6) is 0. The van der Waals surface area contributed by atoms with Crippen molar-refractivity contribution >= 4 is 15.9 Å². The molecule has 1 aromatic rings. The lowest BCUT2D eigenvalue weighted by atomic mass is 10.1. The maximum atomic E-state index is 5.49. The molecular formula is C8H10BrN. The molecule has 2 heteroatoms. The summed E-state index contributed by atoms with van der Waals surface area (Å²) in [6, 6.07) is 6.17. The van der Waals surface area contributed by atoms with Crippen LogP contribution < -0.4 is 5.73 Å². The molecule has 10 heavy (non-hydrogen) atoms. The third-order valence-corrected chi connectivity index (χ3v) is 2.19. The molecule has 0 spiro atoms. The van der Waals surface area contributed by atoms with Gasteiger partial charge in [0.05, 0.1) is 0 Å². The summed E-state index contributed by atoms with van der Waals surface area (Å²) in [6.45, 7) is 2.66. The minimum atomic E-state index is 0.599. The molecule has 0 aliphatic heterocycles. The highest BCUT2D eigenvalue weighted by Crippen LogP contribution is 2.16. The normalized spacial score (nSPS) is 9.90. The fourth-order valence-corrected chi connectivity index (χ4v) is 1.27. The van der Waals surface area contributed by atoms with Gasteiger partial charge in [-0.25, -0.2) is 0 Å². The van der Waals surface area contributed by atoms with Gasteiger partial charge in [0.15, 0.2) is 0 Å². The van der Waals surface area contributed by atoms with Gasteiger partial charge in [-0.3, -0.25) is 0 Å². The first kappa shape index (κ1) is 7.76. The Kier molecular flexibility index (Phi) is 2.46. The van der Waals surface area contributed by atoms with Crippen molar-refractivity contribution < 1.29 is 0 Å². The van der Waals surface area contributed by atoms with Crippen molar-refractivity contribution in [2.45, 2.75) is 13.5 Å². The summed E-state index contributed by atoms with van der Waals surface area (Å²) in [7, 11) is 0. The Bertz CT molecular complexity index is 233. The summed E-state index contributed by atoms with van der Waals surface area (Å²) in [5.41, 5.74) is 7.91. The number of nitrogens with two attached hydrogens (primary N) is 1. The van der Waals surface area contributed by atoms with E-state index >= 15 is 0 Å². The average molecular weight is 200 g/mol. The zero-order valence-corrected chi connectivity index (χ0v) is 7.48. The molecule has 0 aliphatic carbocycles. The Balaban J connectivity index is 3.09. The average Bonchev–Trinajstić information content (AvgIpc) is 1.94. The quantitative estimate of drug-likeness (QED) is 0.738. The van der Waals surface area contributed by atoms with Crippen LogP contribution in [0.25, 0.3) is 0 Å². The molecule has 1 nitrogen and oxygen atoms in total. The van der Waals surface area contributed by atoms with Crippen LogP contribution in [0.4, 0.5) is 0 Å². The largest absolute Gasteiger partial charge is 0.326 e. The molecule has 54 valence electrons. The van der Waals surface area contributed by atoms with E-state index in [0.29, 0.717) is 6.54 Å². The SMILES string of the molecule is Cc1ccc(Br)c(CN)c1. The van der Waals surface area contributed by atoms with Gasteiger partial charge in [-0.2, -0.15) is 0 Å². The lowest BCUT2D eigenvalue weighted by Crippen LogP contribution is -1.97. The monoisotopic (exact) mass is 199 g/mol. The number of hydrogen-bond donors (Lipinski definition) is 1. The van der Waals surface area contributed by atoms with Crippen molar-refractivity contribution in [3.63, 3.8) is 0 Å². The topological polar surface area (TPSA) is 26.0 Å². The Morgan fingerprint density at radius 2 is 2.20 bits per heavy atom. The summed E-state index contributed by atoms with van der Waals surface area (Å²) in [6.07, 6.45) is 0. The van der Waals surface area contributed by atoms with E-state index in [9.17, 15) is 0 Å². The number of hydrogen-bond acceptors (Lipinski definition) is 1. The van der Waals surface area contributed by atoms with Crippen molar-refractivity contribution in [1.82, 2.24) is 0 Å². The van der Waals surface area contributed by atoms with E-state index in [-0.39, 0.29) is 0 Å². The summed E-state index contributed by atoms with van der Waals surface area (Å²) in [4.78, 5) is 0. The third-order valence-electron chi connectivity index (χ3n) is 1.42. The van der Waals surface area contributed by atoms with Crippen molar-refractivity contribution in [3.05, 3.63) is 33.8 Å². The molecule has 0 radical (unpaired) electrons. The second-order valence-electron chi connectivity index (χ2n) is 2.30. The molecule has 0 heterocycles. The summed E-state index contributed by atoms with van der Waals surface area (Å²) >= 11 is 3.41. The standard InChI is InChI=1S/C8H10BrN/c1-6-2-3-8(9)7(4-6)5-10/h2-4H,5,10H2,1H3. The number of halogens is 1. The molecule has 0 bridgehead atoms. The van der Waals surface area contributed by atoms with Crippen LogP contribution in [-0.2, 0) is 6.54 Å². The molecule has 2 N–H and O–H groups in total. The van der Waals surface area contributed by atoms with Crippen LogP contribution in [0.3, 0.4) is 0 Å². The molecule has 0 amide bonds. The first-order valence-electron chi connectivity index (χ1n) is 3.19. The first-order chi connectivity index (χ1) is 4.74. The molecule has 0 aromatic heterocycles. The van der Waals surface area contributed by atoms with Gasteiger partial charge in [-0.05, 0) is 18.6 Å². The highest BCUT2D eigenvalue weighted by atomic mass is 79.9. The van der Waals surface area contributed by atoms with Crippen LogP contribution in [0, 0.1) is 6.92 Å². The molecule has 0 atom stereocenters. The second kappa shape index (κ2) is 3.17. The third kappa shape index (κ3) is 1.58. The molecule has 0 unspecified atom stereocenters. The van der Waals surface area contributed by atoms with Gasteiger partial charge >= 0.3 is 0 Å². The zero-order chi connectivity index (χ0) is 7.56. The van der Waals surface area contributed by atoms with Crippen molar-refractivity contribution in [1.29, 1.82) is 0 Å². The Hall–Kier alpha value is -0.340. The Labute approximate surface area is 69.4 Å². The number of benzene rings is 1. The minimum Gasteiger partial charge on any atom is -0.326 e. The van der Waals surface area contributed by atoms with E-state index < -0.39 is 0 Å².